The second kappa shape index (κ2) is 7.45. The molecule has 0 bridgehead atoms. The SMILES string of the molecule is NC(=O)NCCSCC[C@@H](N)C(=O)O. The molecule has 0 aromatic rings. The van der Waals surface area contributed by atoms with Gasteiger partial charge in [0.2, 0.25) is 0 Å². The first kappa shape index (κ1) is 13.1. The zero-order valence-electron chi connectivity index (χ0n) is 7.73. The number of rotatable bonds is 7. The molecule has 6 N–H and O–H groups in total. The van der Waals surface area contributed by atoms with Gasteiger partial charge in [0.1, 0.15) is 6.04 Å². The number of hydrogen-bond donors (Lipinski definition) is 4. The van der Waals surface area contributed by atoms with Crippen molar-refractivity contribution >= 4 is 23.8 Å². The van der Waals surface area contributed by atoms with Crippen molar-refractivity contribution < 1.29 is 14.7 Å². The molecule has 14 heavy (non-hydrogen) atoms. The minimum Gasteiger partial charge on any atom is -0.480 e. The van der Waals surface area contributed by atoms with Crippen molar-refractivity contribution in [3.8, 4) is 0 Å². The number of nitrogens with two attached hydrogens (primary N) is 2. The van der Waals surface area contributed by atoms with Gasteiger partial charge in [-0.3, -0.25) is 4.79 Å². The highest BCUT2D eigenvalue weighted by molar-refractivity contribution is 7.99. The first-order valence-electron chi connectivity index (χ1n) is 4.13. The number of carboxylic acids is 1. The molecular weight excluding hydrogens is 206 g/mol. The summed E-state index contributed by atoms with van der Waals surface area (Å²) in [7, 11) is 0. The van der Waals surface area contributed by atoms with Crippen LogP contribution in [0.15, 0.2) is 0 Å². The lowest BCUT2D eigenvalue weighted by molar-refractivity contribution is -0.138. The minimum atomic E-state index is -0.985. The van der Waals surface area contributed by atoms with E-state index in [0.717, 1.165) is 0 Å². The second-order valence-electron chi connectivity index (χ2n) is 2.64. The maximum absolute atomic E-state index is 10.3. The Bertz CT molecular complexity index is 201. The summed E-state index contributed by atoms with van der Waals surface area (Å²) in [6.07, 6.45) is 0.427. The molecule has 0 rings (SSSR count). The number of primary amides is 1. The van der Waals surface area contributed by atoms with Crippen LogP contribution in [0.4, 0.5) is 4.79 Å². The van der Waals surface area contributed by atoms with E-state index >= 15 is 0 Å². The highest BCUT2D eigenvalue weighted by atomic mass is 32.2. The van der Waals surface area contributed by atoms with Crippen LogP contribution < -0.4 is 16.8 Å². The number of carbonyl (C=O) groups excluding carboxylic acids is 1. The Kier molecular flexibility index (Phi) is 6.95. The fourth-order valence-corrected chi connectivity index (χ4v) is 1.55. The van der Waals surface area contributed by atoms with Gasteiger partial charge in [-0.15, -0.1) is 0 Å². The van der Waals surface area contributed by atoms with E-state index in [-0.39, 0.29) is 0 Å². The average Bonchev–Trinajstić information content (AvgIpc) is 2.09. The van der Waals surface area contributed by atoms with Gasteiger partial charge in [-0.1, -0.05) is 0 Å². The lowest BCUT2D eigenvalue weighted by Crippen LogP contribution is -2.32. The van der Waals surface area contributed by atoms with E-state index in [1.54, 1.807) is 0 Å². The molecule has 7 heteroatoms. The summed E-state index contributed by atoms with van der Waals surface area (Å²) in [6, 6.07) is -1.35. The third kappa shape index (κ3) is 7.69. The molecule has 0 aliphatic heterocycles. The molecule has 6 nitrogen and oxygen atoms in total. The summed E-state index contributed by atoms with van der Waals surface area (Å²) in [6.45, 7) is 0.488. The average molecular weight is 221 g/mol. The predicted molar refractivity (Wildman–Crippen MR) is 55.1 cm³/mol. The largest absolute Gasteiger partial charge is 0.480 e. The lowest BCUT2D eigenvalue weighted by atomic mass is 10.2. The fraction of sp³-hybridized carbons (Fsp3) is 0.714. The maximum Gasteiger partial charge on any atom is 0.320 e. The van der Waals surface area contributed by atoms with Crippen LogP contribution in [0.25, 0.3) is 0 Å². The molecule has 1 atom stereocenters. The van der Waals surface area contributed by atoms with Crippen LogP contribution in [0.5, 0.6) is 0 Å². The van der Waals surface area contributed by atoms with E-state index in [1.807, 2.05) is 0 Å². The zero-order valence-corrected chi connectivity index (χ0v) is 8.55. The summed E-state index contributed by atoms with van der Waals surface area (Å²) in [5.74, 6) is 0.379. The van der Waals surface area contributed by atoms with Crippen LogP contribution in [-0.4, -0.2) is 41.2 Å². The van der Waals surface area contributed by atoms with Crippen LogP contribution in [0.3, 0.4) is 0 Å². The van der Waals surface area contributed by atoms with Crippen LogP contribution in [0, 0.1) is 0 Å². The highest BCUT2D eigenvalue weighted by Crippen LogP contribution is 2.02. The normalized spacial score (nSPS) is 12.1. The van der Waals surface area contributed by atoms with E-state index in [4.69, 9.17) is 16.6 Å². The van der Waals surface area contributed by atoms with E-state index in [1.165, 1.54) is 11.8 Å². The Morgan fingerprint density at radius 3 is 2.57 bits per heavy atom. The molecule has 0 unspecified atom stereocenters. The van der Waals surface area contributed by atoms with Crippen molar-refractivity contribution in [2.75, 3.05) is 18.1 Å². The van der Waals surface area contributed by atoms with E-state index < -0.39 is 18.0 Å². The van der Waals surface area contributed by atoms with Crippen molar-refractivity contribution in [1.82, 2.24) is 5.32 Å². The number of carbonyl (C=O) groups is 2. The number of amides is 2. The molecule has 0 saturated heterocycles. The monoisotopic (exact) mass is 221 g/mol. The fourth-order valence-electron chi connectivity index (χ4n) is 0.682. The molecule has 0 aliphatic rings. The minimum absolute atomic E-state index is 0.427. The van der Waals surface area contributed by atoms with Gasteiger partial charge >= 0.3 is 12.0 Å². The van der Waals surface area contributed by atoms with Gasteiger partial charge in [0.05, 0.1) is 0 Å². The van der Waals surface area contributed by atoms with Crippen molar-refractivity contribution in [3.05, 3.63) is 0 Å². The third-order valence-corrected chi connectivity index (χ3v) is 2.45. The predicted octanol–water partition coefficient (Wildman–Crippen LogP) is -0.810. The molecule has 0 aromatic heterocycles. The number of hydrogen-bond acceptors (Lipinski definition) is 4. The Hall–Kier alpha value is -0.950. The first-order chi connectivity index (χ1) is 6.54. The molecular formula is C7H15N3O3S. The number of carboxylic acid groups (broad SMARTS) is 1. The molecule has 0 spiro atoms. The quantitative estimate of drug-likeness (QED) is 0.419. The Balaban J connectivity index is 3.21. The van der Waals surface area contributed by atoms with Gasteiger partial charge in [-0.2, -0.15) is 11.8 Å². The van der Waals surface area contributed by atoms with Crippen LogP contribution in [0.1, 0.15) is 6.42 Å². The van der Waals surface area contributed by atoms with Crippen molar-refractivity contribution in [2.45, 2.75) is 12.5 Å². The lowest BCUT2D eigenvalue weighted by Gasteiger charge is -2.05. The summed E-state index contributed by atoms with van der Waals surface area (Å²) < 4.78 is 0. The van der Waals surface area contributed by atoms with Gasteiger partial charge in [0, 0.05) is 12.3 Å². The molecule has 82 valence electrons. The number of thioether (sulfide) groups is 1. The molecule has 0 fully saturated rings. The van der Waals surface area contributed by atoms with Gasteiger partial charge in [-0.25, -0.2) is 4.79 Å². The molecule has 0 aromatic carbocycles. The van der Waals surface area contributed by atoms with Gasteiger partial charge in [0.25, 0.3) is 0 Å². The van der Waals surface area contributed by atoms with Crippen molar-refractivity contribution in [3.63, 3.8) is 0 Å². The standard InChI is InChI=1S/C7H15N3O3S/c8-5(6(11)12)1-3-14-4-2-10-7(9)13/h5H,1-4,8H2,(H,11,12)(H3,9,10,13)/t5-/m1/s1. The molecule has 0 aliphatic carbocycles. The molecule has 0 heterocycles. The van der Waals surface area contributed by atoms with Gasteiger partial charge in [0.15, 0.2) is 0 Å². The molecule has 2 amide bonds. The number of nitrogens with one attached hydrogen (secondary N) is 1. The van der Waals surface area contributed by atoms with Gasteiger partial charge < -0.3 is 21.9 Å². The van der Waals surface area contributed by atoms with E-state index in [0.29, 0.717) is 24.5 Å². The van der Waals surface area contributed by atoms with Crippen molar-refractivity contribution in [2.24, 2.45) is 11.5 Å². The van der Waals surface area contributed by atoms with Gasteiger partial charge in [-0.05, 0) is 12.2 Å². The van der Waals surface area contributed by atoms with Crippen LogP contribution >= 0.6 is 11.8 Å². The summed E-state index contributed by atoms with van der Waals surface area (Å²) in [5.41, 5.74) is 10.1. The highest BCUT2D eigenvalue weighted by Gasteiger charge is 2.09. The van der Waals surface area contributed by atoms with Crippen LogP contribution in [0.2, 0.25) is 0 Å². The first-order valence-corrected chi connectivity index (χ1v) is 5.29. The maximum atomic E-state index is 10.3. The Morgan fingerprint density at radius 1 is 1.43 bits per heavy atom. The second-order valence-corrected chi connectivity index (χ2v) is 3.86. The Labute approximate surface area is 86.4 Å². The third-order valence-electron chi connectivity index (χ3n) is 1.44. The Morgan fingerprint density at radius 2 is 2.07 bits per heavy atom. The summed E-state index contributed by atoms with van der Waals surface area (Å²) >= 11 is 1.53. The number of aliphatic carboxylic acids is 1. The number of urea groups is 1. The topological polar surface area (TPSA) is 118 Å². The zero-order chi connectivity index (χ0) is 11.0. The van der Waals surface area contributed by atoms with E-state index in [9.17, 15) is 9.59 Å². The summed E-state index contributed by atoms with van der Waals surface area (Å²) in [5, 5.41) is 10.9. The van der Waals surface area contributed by atoms with E-state index in [2.05, 4.69) is 5.32 Å². The van der Waals surface area contributed by atoms with Crippen molar-refractivity contribution in [1.29, 1.82) is 0 Å². The smallest absolute Gasteiger partial charge is 0.320 e. The molecule has 0 saturated carbocycles. The summed E-state index contributed by atoms with van der Waals surface area (Å²) in [4.78, 5) is 20.5. The van der Waals surface area contributed by atoms with Crippen LogP contribution in [-0.2, 0) is 4.79 Å². The molecule has 0 radical (unpaired) electrons.